The molecule has 1 atom stereocenters. The molecule has 114 valence electrons. The minimum atomic E-state index is 0.440. The Morgan fingerprint density at radius 3 is 2.71 bits per heavy atom. The number of hydrogen-bond acceptors (Lipinski definition) is 5. The Morgan fingerprint density at radius 1 is 1.33 bits per heavy atom. The second kappa shape index (κ2) is 6.89. The summed E-state index contributed by atoms with van der Waals surface area (Å²) in [7, 11) is 2.26. The van der Waals surface area contributed by atoms with Crippen molar-refractivity contribution < 1.29 is 0 Å². The van der Waals surface area contributed by atoms with E-state index in [2.05, 4.69) is 53.0 Å². The Bertz CT molecular complexity index is 578. The van der Waals surface area contributed by atoms with Crippen LogP contribution in [0.1, 0.15) is 27.2 Å². The van der Waals surface area contributed by atoms with Crippen molar-refractivity contribution in [3.63, 3.8) is 0 Å². The van der Waals surface area contributed by atoms with Crippen molar-refractivity contribution in [2.24, 2.45) is 5.92 Å². The highest BCUT2D eigenvalue weighted by Crippen LogP contribution is 2.17. The Kier molecular flexibility index (Phi) is 5.17. The standard InChI is InChI=1S/C14H25BN6/c1-4-11(5-15)6-20(10(2)3)9-21-8-19-12-13(16)17-7-18-14(12)21/h7-8,10-11H,4-6,9,15H2,1-3H3,(H2,16,17,18). The van der Waals surface area contributed by atoms with E-state index in [-0.39, 0.29) is 0 Å². The molecule has 0 fully saturated rings. The Hall–Kier alpha value is -1.63. The maximum absolute atomic E-state index is 5.84. The van der Waals surface area contributed by atoms with Gasteiger partial charge in [-0.15, -0.1) is 0 Å². The first-order chi connectivity index (χ1) is 10.1. The molecule has 0 aromatic carbocycles. The van der Waals surface area contributed by atoms with E-state index in [1.807, 2.05) is 0 Å². The number of hydrogen-bond donors (Lipinski definition) is 1. The fourth-order valence-corrected chi connectivity index (χ4v) is 2.51. The Balaban J connectivity index is 2.21. The third-order valence-electron chi connectivity index (χ3n) is 4.14. The van der Waals surface area contributed by atoms with E-state index < -0.39 is 0 Å². The lowest BCUT2D eigenvalue weighted by Gasteiger charge is -2.30. The summed E-state index contributed by atoms with van der Waals surface area (Å²) in [6.07, 6.45) is 5.72. The summed E-state index contributed by atoms with van der Waals surface area (Å²) in [5.41, 5.74) is 7.33. The molecule has 0 saturated carbocycles. The van der Waals surface area contributed by atoms with Crippen molar-refractivity contribution in [1.82, 2.24) is 24.4 Å². The minimum Gasteiger partial charge on any atom is -0.382 e. The highest BCUT2D eigenvalue weighted by atomic mass is 15.3. The van der Waals surface area contributed by atoms with Crippen LogP contribution in [0, 0.1) is 5.92 Å². The summed E-state index contributed by atoms with van der Waals surface area (Å²) < 4.78 is 2.05. The zero-order valence-corrected chi connectivity index (χ0v) is 13.5. The highest BCUT2D eigenvalue weighted by molar-refractivity contribution is 6.08. The van der Waals surface area contributed by atoms with Crippen LogP contribution in [0.4, 0.5) is 5.82 Å². The quantitative estimate of drug-likeness (QED) is 0.774. The van der Waals surface area contributed by atoms with Crippen molar-refractivity contribution in [2.45, 2.75) is 46.2 Å². The van der Waals surface area contributed by atoms with E-state index in [0.717, 1.165) is 24.8 Å². The van der Waals surface area contributed by atoms with Gasteiger partial charge < -0.3 is 10.3 Å². The Labute approximate surface area is 127 Å². The van der Waals surface area contributed by atoms with E-state index in [1.54, 1.807) is 6.33 Å². The van der Waals surface area contributed by atoms with E-state index >= 15 is 0 Å². The van der Waals surface area contributed by atoms with Gasteiger partial charge in [0, 0.05) is 12.6 Å². The molecule has 2 rings (SSSR count). The molecule has 0 amide bonds. The largest absolute Gasteiger partial charge is 0.382 e. The van der Waals surface area contributed by atoms with Gasteiger partial charge in [-0.1, -0.05) is 19.7 Å². The van der Waals surface area contributed by atoms with Gasteiger partial charge in [0.1, 0.15) is 19.7 Å². The van der Waals surface area contributed by atoms with Crippen molar-refractivity contribution in [2.75, 3.05) is 12.3 Å². The van der Waals surface area contributed by atoms with Crippen LogP contribution in [0.25, 0.3) is 11.2 Å². The number of aromatic nitrogens is 4. The SMILES string of the molecule is BCC(CC)CN(Cn1cnc2c(N)ncnc21)C(C)C. The van der Waals surface area contributed by atoms with Crippen LogP contribution in [-0.2, 0) is 6.67 Å². The van der Waals surface area contributed by atoms with Gasteiger partial charge >= 0.3 is 0 Å². The third-order valence-corrected chi connectivity index (χ3v) is 4.14. The molecule has 1 unspecified atom stereocenters. The van der Waals surface area contributed by atoms with Crippen LogP contribution in [0.5, 0.6) is 0 Å². The zero-order chi connectivity index (χ0) is 15.4. The fourth-order valence-electron chi connectivity index (χ4n) is 2.51. The molecular formula is C14H25BN6. The second-order valence-electron chi connectivity index (χ2n) is 5.83. The van der Waals surface area contributed by atoms with Crippen LogP contribution >= 0.6 is 0 Å². The number of nitrogen functional groups attached to an aromatic ring is 1. The van der Waals surface area contributed by atoms with Crippen LogP contribution in [0.15, 0.2) is 12.7 Å². The van der Waals surface area contributed by atoms with Crippen LogP contribution in [-0.4, -0.2) is 44.9 Å². The molecule has 2 aromatic rings. The maximum atomic E-state index is 5.84. The van der Waals surface area contributed by atoms with Gasteiger partial charge in [0.2, 0.25) is 0 Å². The van der Waals surface area contributed by atoms with Crippen LogP contribution in [0.2, 0.25) is 6.32 Å². The summed E-state index contributed by atoms with van der Waals surface area (Å²) >= 11 is 0. The number of nitrogens with two attached hydrogens (primary N) is 1. The zero-order valence-electron chi connectivity index (χ0n) is 13.5. The number of anilines is 1. The lowest BCUT2D eigenvalue weighted by Crippen LogP contribution is -2.36. The summed E-state index contributed by atoms with van der Waals surface area (Å²) in [5.74, 6) is 1.16. The molecule has 0 aliphatic rings. The van der Waals surface area contributed by atoms with Crippen molar-refractivity contribution in [3.8, 4) is 0 Å². The summed E-state index contributed by atoms with van der Waals surface area (Å²) in [4.78, 5) is 15.1. The lowest BCUT2D eigenvalue weighted by molar-refractivity contribution is 0.149. The number of fused-ring (bicyclic) bond motifs is 1. The van der Waals surface area contributed by atoms with E-state index in [1.165, 1.54) is 19.1 Å². The molecule has 2 aromatic heterocycles. The van der Waals surface area contributed by atoms with Gasteiger partial charge in [-0.3, -0.25) is 4.90 Å². The first-order valence-electron chi connectivity index (χ1n) is 7.72. The van der Waals surface area contributed by atoms with E-state index in [0.29, 0.717) is 17.4 Å². The molecule has 2 N–H and O–H groups in total. The second-order valence-corrected chi connectivity index (χ2v) is 5.83. The van der Waals surface area contributed by atoms with E-state index in [9.17, 15) is 0 Å². The highest BCUT2D eigenvalue weighted by Gasteiger charge is 2.16. The van der Waals surface area contributed by atoms with Crippen LogP contribution < -0.4 is 5.73 Å². The molecule has 0 aliphatic carbocycles. The first kappa shape index (κ1) is 15.8. The van der Waals surface area contributed by atoms with Gasteiger partial charge in [0.15, 0.2) is 11.5 Å². The smallest absolute Gasteiger partial charge is 0.166 e. The molecule has 7 heteroatoms. The van der Waals surface area contributed by atoms with Gasteiger partial charge in [0.25, 0.3) is 0 Å². The van der Waals surface area contributed by atoms with Crippen molar-refractivity contribution >= 4 is 24.8 Å². The average molecular weight is 288 g/mol. The summed E-state index contributed by atoms with van der Waals surface area (Å²) in [6.45, 7) is 8.58. The molecule has 0 spiro atoms. The summed E-state index contributed by atoms with van der Waals surface area (Å²) in [5, 5.41) is 0. The molecule has 2 heterocycles. The van der Waals surface area contributed by atoms with Crippen LogP contribution in [0.3, 0.4) is 0 Å². The number of rotatable bonds is 7. The van der Waals surface area contributed by atoms with E-state index in [4.69, 9.17) is 5.73 Å². The normalized spacial score (nSPS) is 13.4. The van der Waals surface area contributed by atoms with Gasteiger partial charge in [-0.2, -0.15) is 0 Å². The minimum absolute atomic E-state index is 0.440. The fraction of sp³-hybridized carbons (Fsp3) is 0.643. The van der Waals surface area contributed by atoms with Gasteiger partial charge in [-0.25, -0.2) is 15.0 Å². The predicted octanol–water partition coefficient (Wildman–Crippen LogP) is 1.15. The van der Waals surface area contributed by atoms with Crippen molar-refractivity contribution in [3.05, 3.63) is 12.7 Å². The van der Waals surface area contributed by atoms with Crippen molar-refractivity contribution in [1.29, 1.82) is 0 Å². The monoisotopic (exact) mass is 288 g/mol. The number of nitrogens with zero attached hydrogens (tertiary/aromatic N) is 5. The van der Waals surface area contributed by atoms with Gasteiger partial charge in [0.05, 0.1) is 13.0 Å². The topological polar surface area (TPSA) is 72.9 Å². The maximum Gasteiger partial charge on any atom is 0.166 e. The first-order valence-corrected chi connectivity index (χ1v) is 7.72. The third kappa shape index (κ3) is 3.53. The molecular weight excluding hydrogens is 263 g/mol. The molecule has 0 saturated heterocycles. The molecule has 0 aliphatic heterocycles. The average Bonchev–Trinajstić information content (AvgIpc) is 2.87. The molecule has 21 heavy (non-hydrogen) atoms. The van der Waals surface area contributed by atoms with Gasteiger partial charge in [-0.05, 0) is 19.8 Å². The number of imidazole rings is 1. The Morgan fingerprint density at radius 2 is 2.10 bits per heavy atom. The predicted molar refractivity (Wildman–Crippen MR) is 88.7 cm³/mol. The summed E-state index contributed by atoms with van der Waals surface area (Å²) in [6, 6.07) is 0.474. The molecule has 6 nitrogen and oxygen atoms in total. The lowest BCUT2D eigenvalue weighted by atomic mass is 9.89. The molecule has 0 radical (unpaired) electrons. The molecule has 0 bridgehead atoms.